The van der Waals surface area contributed by atoms with Crippen LogP contribution in [0.5, 0.6) is 0 Å². The zero-order valence-corrected chi connectivity index (χ0v) is 27.8. The molecule has 0 atom stereocenters. The van der Waals surface area contributed by atoms with Gasteiger partial charge in [0.25, 0.3) is 0 Å². The van der Waals surface area contributed by atoms with Gasteiger partial charge >= 0.3 is 0 Å². The Kier molecular flexibility index (Phi) is 8.62. The Labute approximate surface area is 301 Å². The fraction of sp³-hybridized carbons (Fsp3) is 0. The molecule has 0 aliphatic rings. The number of nitriles is 2. The van der Waals surface area contributed by atoms with Gasteiger partial charge in [-0.05, 0) is 87.0 Å². The normalized spacial score (nSPS) is 10.7. The highest BCUT2D eigenvalue weighted by Crippen LogP contribution is 2.36. The summed E-state index contributed by atoms with van der Waals surface area (Å²) in [5.74, 6) is 1.66. The Balaban J connectivity index is 1.26. The lowest BCUT2D eigenvalue weighted by Crippen LogP contribution is -2.00. The van der Waals surface area contributed by atoms with Crippen LogP contribution in [-0.4, -0.2) is 19.9 Å². The molecule has 0 saturated heterocycles. The van der Waals surface area contributed by atoms with E-state index in [1.165, 1.54) is 0 Å². The number of hydrogen-bond donors (Lipinski definition) is 0. The average Bonchev–Trinajstić information content (AvgIpc) is 3.24. The van der Waals surface area contributed by atoms with Gasteiger partial charge < -0.3 is 0 Å². The lowest BCUT2D eigenvalue weighted by Gasteiger charge is -2.14. The van der Waals surface area contributed by atoms with E-state index >= 15 is 0 Å². The predicted molar refractivity (Wildman–Crippen MR) is 205 cm³/mol. The topological polar surface area (TPSA) is 99.1 Å². The molecular weight excluding hydrogens is 637 g/mol. The summed E-state index contributed by atoms with van der Waals surface area (Å²) in [7, 11) is 0. The van der Waals surface area contributed by atoms with Gasteiger partial charge in [-0.25, -0.2) is 15.0 Å². The molecule has 6 heteroatoms. The van der Waals surface area contributed by atoms with Gasteiger partial charge in [0, 0.05) is 29.1 Å². The zero-order chi connectivity index (χ0) is 35.3. The molecule has 2 heterocycles. The first-order valence-corrected chi connectivity index (χ1v) is 16.7. The first kappa shape index (κ1) is 31.7. The monoisotopic (exact) mass is 664 g/mol. The summed E-state index contributed by atoms with van der Waals surface area (Å²) in [4.78, 5) is 19.2. The minimum Gasteiger partial charge on any atom is -0.265 e. The second kappa shape index (κ2) is 14.1. The van der Waals surface area contributed by atoms with E-state index in [1.807, 2.05) is 109 Å². The van der Waals surface area contributed by atoms with Crippen LogP contribution in [0, 0.1) is 22.7 Å². The molecule has 0 aliphatic heterocycles. The van der Waals surface area contributed by atoms with Crippen molar-refractivity contribution in [1.29, 1.82) is 10.5 Å². The minimum atomic E-state index is 0.534. The van der Waals surface area contributed by atoms with Gasteiger partial charge in [0.05, 0.1) is 23.3 Å². The van der Waals surface area contributed by atoms with E-state index in [0.717, 1.165) is 61.2 Å². The number of aromatic nitrogens is 4. The van der Waals surface area contributed by atoms with Crippen LogP contribution in [0.4, 0.5) is 0 Å². The van der Waals surface area contributed by atoms with Gasteiger partial charge in [0.2, 0.25) is 0 Å². The molecule has 6 aromatic carbocycles. The fourth-order valence-electron chi connectivity index (χ4n) is 6.18. The van der Waals surface area contributed by atoms with Gasteiger partial charge in [-0.15, -0.1) is 0 Å². The maximum Gasteiger partial charge on any atom is 0.164 e. The third-order valence-electron chi connectivity index (χ3n) is 8.97. The van der Waals surface area contributed by atoms with E-state index in [9.17, 15) is 10.5 Å². The van der Waals surface area contributed by atoms with Crippen molar-refractivity contribution in [2.75, 3.05) is 0 Å². The summed E-state index contributed by atoms with van der Waals surface area (Å²) in [6.07, 6.45) is 3.57. The molecule has 0 N–H and O–H groups in total. The highest BCUT2D eigenvalue weighted by atomic mass is 15.0. The quantitative estimate of drug-likeness (QED) is 0.168. The van der Waals surface area contributed by atoms with Crippen molar-refractivity contribution in [3.05, 3.63) is 181 Å². The van der Waals surface area contributed by atoms with Crippen molar-refractivity contribution in [1.82, 2.24) is 19.9 Å². The highest BCUT2D eigenvalue weighted by molar-refractivity contribution is 5.87. The molecule has 242 valence electrons. The number of benzene rings is 6. The summed E-state index contributed by atoms with van der Waals surface area (Å²) >= 11 is 0. The first-order valence-electron chi connectivity index (χ1n) is 16.7. The lowest BCUT2D eigenvalue weighted by atomic mass is 9.92. The van der Waals surface area contributed by atoms with E-state index < -0.39 is 0 Å². The Morgan fingerprint density at radius 1 is 0.327 bits per heavy atom. The number of nitrogens with zero attached hydrogens (tertiary/aromatic N) is 6. The van der Waals surface area contributed by atoms with Crippen molar-refractivity contribution in [3.8, 4) is 90.8 Å². The van der Waals surface area contributed by atoms with E-state index in [2.05, 4.69) is 65.7 Å². The molecule has 0 radical (unpaired) electrons. The van der Waals surface area contributed by atoms with Crippen molar-refractivity contribution in [2.45, 2.75) is 0 Å². The molecule has 0 unspecified atom stereocenters. The predicted octanol–water partition coefficient (Wildman–Crippen LogP) is 10.7. The molecule has 0 amide bonds. The molecule has 8 rings (SSSR count). The highest BCUT2D eigenvalue weighted by Gasteiger charge is 2.16. The smallest absolute Gasteiger partial charge is 0.164 e. The van der Waals surface area contributed by atoms with Crippen molar-refractivity contribution in [3.63, 3.8) is 0 Å². The Hall–Kier alpha value is -7.54. The number of rotatable bonds is 7. The maximum atomic E-state index is 9.46. The second-order valence-corrected chi connectivity index (χ2v) is 12.2. The summed E-state index contributed by atoms with van der Waals surface area (Å²) in [5, 5.41) is 18.8. The van der Waals surface area contributed by atoms with Crippen molar-refractivity contribution >= 4 is 0 Å². The standard InChI is InChI=1S/C46H28N6/c47-29-31-6-10-37(11-7-31)42-23-22-41(28-43(42)38-12-8-32(30-48)9-13-38)46-51-44(39-18-14-34(15-19-39)33-4-2-1-3-5-33)50-45(52-46)40-20-16-35(17-21-40)36-24-26-49-27-25-36/h1-28H. The Morgan fingerprint density at radius 2 is 0.712 bits per heavy atom. The number of pyridine rings is 1. The molecule has 2 aromatic heterocycles. The molecular formula is C46H28N6. The van der Waals surface area contributed by atoms with Gasteiger partial charge in [0.15, 0.2) is 17.5 Å². The Morgan fingerprint density at radius 3 is 1.21 bits per heavy atom. The molecule has 0 fully saturated rings. The largest absolute Gasteiger partial charge is 0.265 e. The molecule has 6 nitrogen and oxygen atoms in total. The van der Waals surface area contributed by atoms with Gasteiger partial charge in [-0.1, -0.05) is 115 Å². The van der Waals surface area contributed by atoms with Crippen LogP contribution < -0.4 is 0 Å². The van der Waals surface area contributed by atoms with Crippen LogP contribution in [0.2, 0.25) is 0 Å². The van der Waals surface area contributed by atoms with Crippen LogP contribution in [-0.2, 0) is 0 Å². The van der Waals surface area contributed by atoms with Gasteiger partial charge in [0.1, 0.15) is 0 Å². The molecule has 0 saturated carbocycles. The summed E-state index contributed by atoms with van der Waals surface area (Å²) in [6.45, 7) is 0. The van der Waals surface area contributed by atoms with Crippen LogP contribution in [0.25, 0.3) is 78.7 Å². The SMILES string of the molecule is N#Cc1ccc(-c2ccc(-c3nc(-c4ccc(-c5ccccc5)cc4)nc(-c4ccc(-c5ccncc5)cc4)n3)cc2-c2ccc(C#N)cc2)cc1. The summed E-state index contributed by atoms with van der Waals surface area (Å²) < 4.78 is 0. The molecule has 0 bridgehead atoms. The van der Waals surface area contributed by atoms with Crippen LogP contribution >= 0.6 is 0 Å². The molecule has 8 aromatic rings. The van der Waals surface area contributed by atoms with Crippen LogP contribution in [0.15, 0.2) is 170 Å². The van der Waals surface area contributed by atoms with Crippen molar-refractivity contribution in [2.24, 2.45) is 0 Å². The maximum absolute atomic E-state index is 9.46. The third-order valence-corrected chi connectivity index (χ3v) is 8.97. The fourth-order valence-corrected chi connectivity index (χ4v) is 6.18. The molecule has 0 aliphatic carbocycles. The molecule has 52 heavy (non-hydrogen) atoms. The van der Waals surface area contributed by atoms with Crippen LogP contribution in [0.3, 0.4) is 0 Å². The van der Waals surface area contributed by atoms with Gasteiger partial charge in [-0.3, -0.25) is 4.98 Å². The number of hydrogen-bond acceptors (Lipinski definition) is 6. The van der Waals surface area contributed by atoms with E-state index in [-0.39, 0.29) is 0 Å². The summed E-state index contributed by atoms with van der Waals surface area (Å²) in [5.41, 5.74) is 12.0. The minimum absolute atomic E-state index is 0.534. The third kappa shape index (κ3) is 6.56. The van der Waals surface area contributed by atoms with E-state index in [4.69, 9.17) is 15.0 Å². The zero-order valence-electron chi connectivity index (χ0n) is 27.8. The first-order chi connectivity index (χ1) is 25.6. The van der Waals surface area contributed by atoms with Crippen LogP contribution in [0.1, 0.15) is 11.1 Å². The lowest BCUT2D eigenvalue weighted by molar-refractivity contribution is 1.07. The average molecular weight is 665 g/mol. The summed E-state index contributed by atoms with van der Waals surface area (Å²) in [6, 6.07) is 56.4. The van der Waals surface area contributed by atoms with Gasteiger partial charge in [-0.2, -0.15) is 10.5 Å². The second-order valence-electron chi connectivity index (χ2n) is 12.2. The molecule has 0 spiro atoms. The van der Waals surface area contributed by atoms with E-state index in [0.29, 0.717) is 28.6 Å². The Bertz CT molecular complexity index is 2480. The van der Waals surface area contributed by atoms with Crippen molar-refractivity contribution < 1.29 is 0 Å². The van der Waals surface area contributed by atoms with E-state index in [1.54, 1.807) is 12.4 Å².